The fraction of sp³-hybridized carbons (Fsp3) is 0.208. The maximum atomic E-state index is 10.3. The quantitative estimate of drug-likeness (QED) is 0.170. The third-order valence-electron chi connectivity index (χ3n) is 12.7. The minimum Gasteiger partial charge on any atom is -0.208 e. The highest BCUT2D eigenvalue weighted by Crippen LogP contribution is 2.54. The zero-order chi connectivity index (χ0) is 38.5. The highest BCUT2D eigenvalue weighted by Gasteiger charge is 2.45. The number of aromatic nitrogens is 3. The van der Waals surface area contributed by atoms with Crippen molar-refractivity contribution in [2.45, 2.75) is 51.4 Å². The predicted molar refractivity (Wildman–Crippen MR) is 233 cm³/mol. The molecule has 0 saturated heterocycles. The van der Waals surface area contributed by atoms with E-state index in [1.807, 2.05) is 42.5 Å². The van der Waals surface area contributed by atoms with Gasteiger partial charge in [0.15, 0.2) is 17.5 Å². The summed E-state index contributed by atoms with van der Waals surface area (Å²) in [6.07, 6.45) is 6.59. The summed E-state index contributed by atoms with van der Waals surface area (Å²) in [5.74, 6) is 4.14. The lowest BCUT2D eigenvalue weighted by molar-refractivity contribution is 0.0780. The van der Waals surface area contributed by atoms with Gasteiger partial charge in [-0.05, 0) is 124 Å². The van der Waals surface area contributed by atoms with Crippen LogP contribution in [0.1, 0.15) is 57.1 Å². The Morgan fingerprint density at radius 2 is 1.09 bits per heavy atom. The first kappa shape index (κ1) is 35.0. The summed E-state index contributed by atoms with van der Waals surface area (Å²) < 4.78 is 0. The Hall–Kier alpha value is -6.44. The molecule has 0 N–H and O–H groups in total. The second kappa shape index (κ2) is 14.3. The van der Waals surface area contributed by atoms with Crippen molar-refractivity contribution in [3.05, 3.63) is 163 Å². The average Bonchev–Trinajstić information content (AvgIpc) is 3.25. The lowest BCUT2D eigenvalue weighted by Gasteiger charge is -2.50. The second-order valence-corrected chi connectivity index (χ2v) is 16.9. The van der Waals surface area contributed by atoms with Gasteiger partial charge in [-0.15, -0.1) is 0 Å². The number of nitrogens with zero attached hydrogens (tertiary/aromatic N) is 4. The summed E-state index contributed by atoms with van der Waals surface area (Å²) in [5.41, 5.74) is 9.54. The van der Waals surface area contributed by atoms with Crippen LogP contribution in [-0.2, 0) is 5.41 Å². The number of nitriles is 1. The van der Waals surface area contributed by atoms with Crippen molar-refractivity contribution in [1.29, 1.82) is 5.26 Å². The molecule has 0 aliphatic heterocycles. The van der Waals surface area contributed by atoms with Gasteiger partial charge in [0.1, 0.15) is 0 Å². The van der Waals surface area contributed by atoms with E-state index in [9.17, 15) is 5.26 Å². The lowest BCUT2D eigenvalue weighted by Crippen LogP contribution is -2.42. The summed E-state index contributed by atoms with van der Waals surface area (Å²) >= 11 is 0. The first-order chi connectivity index (χ1) is 27.9. The van der Waals surface area contributed by atoms with Crippen LogP contribution in [0, 0.1) is 29.1 Å². The predicted octanol–water partition coefficient (Wildman–Crippen LogP) is 13.5. The van der Waals surface area contributed by atoms with Gasteiger partial charge >= 0.3 is 0 Å². The van der Waals surface area contributed by atoms with Crippen molar-refractivity contribution < 1.29 is 0 Å². The van der Waals surface area contributed by atoms with Crippen LogP contribution >= 0.6 is 0 Å². The Morgan fingerprint density at radius 1 is 0.491 bits per heavy atom. The maximum absolute atomic E-state index is 10.3. The highest BCUT2D eigenvalue weighted by molar-refractivity contribution is 6.01. The molecule has 57 heavy (non-hydrogen) atoms. The number of fused-ring (bicyclic) bond motifs is 4. The smallest absolute Gasteiger partial charge is 0.164 e. The first-order valence-electron chi connectivity index (χ1n) is 20.4. The molecule has 1 heterocycles. The van der Waals surface area contributed by atoms with E-state index in [1.165, 1.54) is 48.4 Å². The molecule has 0 spiro atoms. The van der Waals surface area contributed by atoms with E-state index >= 15 is 0 Å². The van der Waals surface area contributed by atoms with Crippen LogP contribution in [0.25, 0.3) is 78.0 Å². The summed E-state index contributed by atoms with van der Waals surface area (Å²) in [4.78, 5) is 15.4. The number of benzene rings is 7. The molecule has 7 aromatic carbocycles. The monoisotopic (exact) mass is 736 g/mol. The van der Waals surface area contributed by atoms with E-state index in [2.05, 4.69) is 129 Å². The Balaban J connectivity index is 1.09. The summed E-state index contributed by atoms with van der Waals surface area (Å²) in [5, 5.41) is 14.6. The van der Waals surface area contributed by atoms with Crippen molar-refractivity contribution in [2.24, 2.45) is 17.8 Å². The van der Waals surface area contributed by atoms with Gasteiger partial charge in [0.2, 0.25) is 0 Å². The Bertz CT molecular complexity index is 2800. The van der Waals surface area contributed by atoms with E-state index in [1.54, 1.807) is 0 Å². The van der Waals surface area contributed by atoms with Crippen molar-refractivity contribution in [1.82, 2.24) is 15.0 Å². The van der Waals surface area contributed by atoms with E-state index < -0.39 is 0 Å². The minimum atomic E-state index is 0.268. The number of rotatable bonds is 6. The topological polar surface area (TPSA) is 62.5 Å². The summed E-state index contributed by atoms with van der Waals surface area (Å²) in [6, 6.07) is 55.8. The molecular formula is C53H44N4. The van der Waals surface area contributed by atoms with Crippen LogP contribution in [0.15, 0.2) is 152 Å². The average molecular weight is 737 g/mol. The summed E-state index contributed by atoms with van der Waals surface area (Å²) in [6.45, 7) is 4.90. The van der Waals surface area contributed by atoms with Gasteiger partial charge in [-0.3, -0.25) is 0 Å². The Morgan fingerprint density at radius 3 is 1.81 bits per heavy atom. The van der Waals surface area contributed by atoms with Gasteiger partial charge in [-0.2, -0.15) is 5.26 Å². The van der Waals surface area contributed by atoms with Crippen molar-refractivity contribution >= 4 is 21.5 Å². The third-order valence-corrected chi connectivity index (χ3v) is 12.7. The van der Waals surface area contributed by atoms with Crippen LogP contribution in [0.5, 0.6) is 0 Å². The molecule has 4 atom stereocenters. The van der Waals surface area contributed by atoms with Gasteiger partial charge < -0.3 is 0 Å². The maximum Gasteiger partial charge on any atom is 0.164 e. The van der Waals surface area contributed by atoms with Crippen molar-refractivity contribution in [3.63, 3.8) is 0 Å². The molecule has 4 heteroatoms. The molecule has 1 aromatic heterocycles. The van der Waals surface area contributed by atoms with Crippen molar-refractivity contribution in [3.8, 4) is 62.5 Å². The zero-order valence-corrected chi connectivity index (χ0v) is 32.5. The molecule has 2 saturated carbocycles. The molecule has 2 aliphatic carbocycles. The Kier molecular flexibility index (Phi) is 8.75. The zero-order valence-electron chi connectivity index (χ0n) is 32.5. The number of hydrogen-bond acceptors (Lipinski definition) is 4. The van der Waals surface area contributed by atoms with E-state index in [4.69, 9.17) is 15.0 Å². The van der Waals surface area contributed by atoms with Gasteiger partial charge in [-0.25, -0.2) is 15.0 Å². The molecule has 8 aromatic rings. The van der Waals surface area contributed by atoms with E-state index in [-0.39, 0.29) is 5.41 Å². The van der Waals surface area contributed by atoms with Crippen LogP contribution in [0.2, 0.25) is 0 Å². The van der Waals surface area contributed by atoms with Crippen molar-refractivity contribution in [2.75, 3.05) is 0 Å². The normalized spacial score (nSPS) is 20.3. The lowest BCUT2D eigenvalue weighted by atomic mass is 9.54. The highest BCUT2D eigenvalue weighted by atomic mass is 15.0. The van der Waals surface area contributed by atoms with Gasteiger partial charge in [-0.1, -0.05) is 141 Å². The fourth-order valence-corrected chi connectivity index (χ4v) is 10.4. The summed E-state index contributed by atoms with van der Waals surface area (Å²) in [7, 11) is 0. The van der Waals surface area contributed by atoms with Gasteiger partial charge in [0.25, 0.3) is 0 Å². The second-order valence-electron chi connectivity index (χ2n) is 16.9. The van der Waals surface area contributed by atoms with Crippen LogP contribution in [-0.4, -0.2) is 15.0 Å². The van der Waals surface area contributed by atoms with E-state index in [0.29, 0.717) is 23.0 Å². The molecule has 2 unspecified atom stereocenters. The number of hydrogen-bond donors (Lipinski definition) is 0. The third kappa shape index (κ3) is 6.58. The van der Waals surface area contributed by atoms with Gasteiger partial charge in [0, 0.05) is 22.1 Å². The molecule has 10 rings (SSSR count). The Labute approximate surface area is 334 Å². The largest absolute Gasteiger partial charge is 0.208 e. The molecule has 0 amide bonds. The molecule has 276 valence electrons. The van der Waals surface area contributed by atoms with Crippen LogP contribution < -0.4 is 0 Å². The molecule has 4 nitrogen and oxygen atoms in total. The molecule has 2 bridgehead atoms. The molecule has 2 fully saturated rings. The molecular weight excluding hydrogens is 693 g/mol. The van der Waals surface area contributed by atoms with Crippen LogP contribution in [0.4, 0.5) is 0 Å². The fourth-order valence-electron chi connectivity index (χ4n) is 10.4. The molecule has 0 radical (unpaired) electrons. The molecule has 2 aliphatic rings. The SMILES string of the molecule is C[C@@H]1CC2C[C@H](C)CC(c3ccc(-c4cc(-c5nc(-c6ccccc6)nc(-c6ccc(-c7ccc8ccccc8c7)cc6)n5)c5cccc(C#N)c5c4)cc3)(C2)C1. The standard InChI is InChI=1S/C53H44N4/c1-34-25-36-26-35(2)31-53(30-34,32-36)46-23-21-39(22-24-46)45-28-48-44(33-54)13-8-14-47(48)49(29-45)52-56-50(40-10-4-3-5-11-40)55-51(57-52)41-18-15-38(16-19-41)43-20-17-37-9-6-7-12-42(37)27-43/h3-24,27-29,34-36H,25-26,30-32H2,1-2H3/t34-,35+,36?,53?. The van der Waals surface area contributed by atoms with Gasteiger partial charge in [0.05, 0.1) is 11.6 Å². The van der Waals surface area contributed by atoms with Crippen LogP contribution in [0.3, 0.4) is 0 Å². The first-order valence-corrected chi connectivity index (χ1v) is 20.4. The van der Waals surface area contributed by atoms with E-state index in [0.717, 1.165) is 67.5 Å². The minimum absolute atomic E-state index is 0.268.